The Balaban J connectivity index is 1.96. The Bertz CT molecular complexity index is 751. The van der Waals surface area contributed by atoms with E-state index in [4.69, 9.17) is 0 Å². The average molecular weight is 354 g/mol. The number of rotatable bonds is 7. The van der Waals surface area contributed by atoms with E-state index in [2.05, 4.69) is 72.7 Å². The minimum Gasteiger partial charge on any atom is -0.281 e. The first-order valence-electron chi connectivity index (χ1n) is 9.31. The summed E-state index contributed by atoms with van der Waals surface area (Å²) in [4.78, 5) is 12.2. The molecule has 26 heavy (non-hydrogen) atoms. The van der Waals surface area contributed by atoms with Crippen molar-refractivity contribution in [2.24, 2.45) is 5.10 Å². The Morgan fingerprint density at radius 2 is 1.88 bits per heavy atom. The molecule has 0 radical (unpaired) electrons. The number of hydrogen-bond acceptors (Lipinski definition) is 3. The summed E-state index contributed by atoms with van der Waals surface area (Å²) in [5, 5.41) is 11.2. The molecule has 0 aliphatic carbocycles. The van der Waals surface area contributed by atoms with Gasteiger partial charge < -0.3 is 0 Å². The molecule has 2 N–H and O–H groups in total. The summed E-state index contributed by atoms with van der Waals surface area (Å²) in [6.45, 7) is 10.3. The number of carbonyl (C=O) groups excluding carboxylic acids is 1. The normalized spacial score (nSPS) is 12.3. The van der Waals surface area contributed by atoms with E-state index in [1.54, 1.807) is 6.07 Å². The van der Waals surface area contributed by atoms with Gasteiger partial charge in [0.05, 0.1) is 5.71 Å². The minimum absolute atomic E-state index is 0.0798. The molecule has 1 aromatic heterocycles. The van der Waals surface area contributed by atoms with Crippen LogP contribution in [0.3, 0.4) is 0 Å². The predicted octanol–water partition coefficient (Wildman–Crippen LogP) is 4.59. The van der Waals surface area contributed by atoms with Gasteiger partial charge in [0.25, 0.3) is 5.91 Å². The van der Waals surface area contributed by atoms with Crippen LogP contribution in [-0.4, -0.2) is 21.8 Å². The first-order chi connectivity index (χ1) is 12.3. The third kappa shape index (κ3) is 5.55. The number of unbranched alkanes of at least 4 members (excludes halogenated alkanes) is 2. The van der Waals surface area contributed by atoms with Crippen molar-refractivity contribution in [3.05, 3.63) is 52.8 Å². The number of amides is 1. The van der Waals surface area contributed by atoms with E-state index in [-0.39, 0.29) is 11.3 Å². The van der Waals surface area contributed by atoms with Gasteiger partial charge in [-0.1, -0.05) is 64.8 Å². The molecule has 1 heterocycles. The van der Waals surface area contributed by atoms with Gasteiger partial charge in [0.1, 0.15) is 0 Å². The van der Waals surface area contributed by atoms with Crippen LogP contribution in [-0.2, 0) is 11.8 Å². The zero-order valence-electron chi connectivity index (χ0n) is 16.5. The zero-order chi connectivity index (χ0) is 19.2. The molecule has 0 bridgehead atoms. The lowest BCUT2D eigenvalue weighted by Crippen LogP contribution is -2.19. The largest absolute Gasteiger partial charge is 0.291 e. The monoisotopic (exact) mass is 354 g/mol. The number of H-pyrrole nitrogens is 1. The van der Waals surface area contributed by atoms with Crippen molar-refractivity contribution in [1.82, 2.24) is 15.6 Å². The van der Waals surface area contributed by atoms with Crippen LogP contribution in [0.5, 0.6) is 0 Å². The standard InChI is InChI=1S/C21H30N4O/c1-6-7-8-9-16-10-12-17(13-11-16)15(2)22-25-20(26)18-14-19(24-23-18)21(3,4)5/h10-14H,6-9H2,1-5H3,(H,23,24)(H,25,26)/b22-15-. The molecule has 1 aromatic carbocycles. The summed E-state index contributed by atoms with van der Waals surface area (Å²) in [7, 11) is 0. The topological polar surface area (TPSA) is 70.1 Å². The molecule has 0 atom stereocenters. The van der Waals surface area contributed by atoms with Gasteiger partial charge in [-0.15, -0.1) is 0 Å². The van der Waals surface area contributed by atoms with E-state index in [1.807, 2.05) is 6.92 Å². The number of benzene rings is 1. The van der Waals surface area contributed by atoms with Gasteiger partial charge in [0.2, 0.25) is 0 Å². The van der Waals surface area contributed by atoms with Crippen LogP contribution in [0.2, 0.25) is 0 Å². The fourth-order valence-corrected chi connectivity index (χ4v) is 2.57. The number of hydrazone groups is 1. The van der Waals surface area contributed by atoms with Crippen LogP contribution in [0.15, 0.2) is 35.4 Å². The van der Waals surface area contributed by atoms with Crippen LogP contribution in [0.1, 0.15) is 81.2 Å². The number of aromatic amines is 1. The van der Waals surface area contributed by atoms with Crippen molar-refractivity contribution in [1.29, 1.82) is 0 Å². The molecule has 0 aliphatic rings. The Kier molecular flexibility index (Phi) is 6.72. The highest BCUT2D eigenvalue weighted by atomic mass is 16.2. The van der Waals surface area contributed by atoms with Crippen molar-refractivity contribution in [2.45, 2.75) is 65.7 Å². The Morgan fingerprint density at radius 1 is 1.19 bits per heavy atom. The maximum absolute atomic E-state index is 12.2. The van der Waals surface area contributed by atoms with Crippen molar-refractivity contribution in [3.63, 3.8) is 0 Å². The number of nitrogens with one attached hydrogen (secondary N) is 2. The van der Waals surface area contributed by atoms with Gasteiger partial charge in [0.15, 0.2) is 5.69 Å². The fraction of sp³-hybridized carbons (Fsp3) is 0.476. The first kappa shape index (κ1) is 19.9. The maximum Gasteiger partial charge on any atom is 0.291 e. The van der Waals surface area contributed by atoms with E-state index in [0.29, 0.717) is 5.69 Å². The van der Waals surface area contributed by atoms with Crippen LogP contribution in [0, 0.1) is 0 Å². The lowest BCUT2D eigenvalue weighted by Gasteiger charge is -2.14. The van der Waals surface area contributed by atoms with Crippen LogP contribution in [0.4, 0.5) is 0 Å². The Morgan fingerprint density at radius 3 is 2.46 bits per heavy atom. The molecule has 2 rings (SSSR count). The number of hydrogen-bond donors (Lipinski definition) is 2. The summed E-state index contributed by atoms with van der Waals surface area (Å²) >= 11 is 0. The molecule has 2 aromatic rings. The van der Waals surface area contributed by atoms with Gasteiger partial charge >= 0.3 is 0 Å². The summed E-state index contributed by atoms with van der Waals surface area (Å²) in [6, 6.07) is 10.1. The predicted molar refractivity (Wildman–Crippen MR) is 107 cm³/mol. The molecular formula is C21H30N4O. The van der Waals surface area contributed by atoms with Crippen molar-refractivity contribution < 1.29 is 4.79 Å². The molecule has 0 unspecified atom stereocenters. The molecule has 0 saturated heterocycles. The number of carbonyl (C=O) groups is 1. The minimum atomic E-state index is -0.313. The third-order valence-electron chi connectivity index (χ3n) is 4.38. The smallest absolute Gasteiger partial charge is 0.281 e. The quantitative estimate of drug-likeness (QED) is 0.433. The molecule has 0 spiro atoms. The molecule has 0 fully saturated rings. The highest BCUT2D eigenvalue weighted by molar-refractivity contribution is 6.00. The lowest BCUT2D eigenvalue weighted by molar-refractivity contribution is 0.0950. The number of aromatic nitrogens is 2. The van der Waals surface area contributed by atoms with Crippen molar-refractivity contribution in [3.8, 4) is 0 Å². The van der Waals surface area contributed by atoms with E-state index in [9.17, 15) is 4.79 Å². The maximum atomic E-state index is 12.2. The summed E-state index contributed by atoms with van der Waals surface area (Å²) in [6.07, 6.45) is 4.82. The highest BCUT2D eigenvalue weighted by Crippen LogP contribution is 2.20. The van der Waals surface area contributed by atoms with E-state index >= 15 is 0 Å². The van der Waals surface area contributed by atoms with Crippen LogP contribution < -0.4 is 5.43 Å². The first-order valence-corrected chi connectivity index (χ1v) is 9.31. The second kappa shape index (κ2) is 8.79. The van der Waals surface area contributed by atoms with Gasteiger partial charge in [-0.25, -0.2) is 5.43 Å². The average Bonchev–Trinajstić information content (AvgIpc) is 3.11. The van der Waals surface area contributed by atoms with Crippen molar-refractivity contribution in [2.75, 3.05) is 0 Å². The molecule has 0 aliphatic heterocycles. The van der Waals surface area contributed by atoms with Crippen molar-refractivity contribution >= 4 is 11.6 Å². The third-order valence-corrected chi connectivity index (χ3v) is 4.38. The Hall–Kier alpha value is -2.43. The number of aryl methyl sites for hydroxylation is 1. The summed E-state index contributed by atoms with van der Waals surface area (Å²) in [5.74, 6) is -0.313. The Labute approximate surface area is 156 Å². The van der Waals surface area contributed by atoms with E-state index < -0.39 is 0 Å². The fourth-order valence-electron chi connectivity index (χ4n) is 2.57. The SMILES string of the molecule is CCCCCc1ccc(/C(C)=N\NC(=O)c2cc(C(C)(C)C)[nH]n2)cc1. The van der Waals surface area contributed by atoms with Gasteiger partial charge in [-0.3, -0.25) is 9.89 Å². The zero-order valence-corrected chi connectivity index (χ0v) is 16.5. The lowest BCUT2D eigenvalue weighted by atomic mass is 9.92. The van der Waals surface area contributed by atoms with Crippen LogP contribution in [0.25, 0.3) is 0 Å². The molecular weight excluding hydrogens is 324 g/mol. The molecule has 140 valence electrons. The molecule has 5 heteroatoms. The van der Waals surface area contributed by atoms with Gasteiger partial charge in [-0.2, -0.15) is 10.2 Å². The van der Waals surface area contributed by atoms with Crippen LogP contribution >= 0.6 is 0 Å². The summed E-state index contributed by atoms with van der Waals surface area (Å²) < 4.78 is 0. The second-order valence-corrected chi connectivity index (χ2v) is 7.71. The van der Waals surface area contributed by atoms with Gasteiger partial charge in [0, 0.05) is 11.1 Å². The second-order valence-electron chi connectivity index (χ2n) is 7.71. The highest BCUT2D eigenvalue weighted by Gasteiger charge is 2.19. The van der Waals surface area contributed by atoms with E-state index in [1.165, 1.54) is 24.8 Å². The molecule has 0 saturated carbocycles. The molecule has 1 amide bonds. The van der Waals surface area contributed by atoms with E-state index in [0.717, 1.165) is 23.4 Å². The summed E-state index contributed by atoms with van der Waals surface area (Å²) in [5.41, 5.74) is 6.88. The number of nitrogens with zero attached hydrogens (tertiary/aromatic N) is 2. The molecule has 5 nitrogen and oxygen atoms in total. The van der Waals surface area contributed by atoms with Gasteiger partial charge in [-0.05, 0) is 37.0 Å².